The average molecular weight is 266 g/mol. The summed E-state index contributed by atoms with van der Waals surface area (Å²) in [7, 11) is 0. The molecule has 4 nitrogen and oxygen atoms in total. The van der Waals surface area contributed by atoms with E-state index in [4.69, 9.17) is 9.47 Å². The Morgan fingerprint density at radius 2 is 1.89 bits per heavy atom. The Balaban J connectivity index is 2.17. The molecule has 3 unspecified atom stereocenters. The minimum absolute atomic E-state index is 0.0386. The van der Waals surface area contributed by atoms with Crippen LogP contribution in [0.2, 0.25) is 0 Å². The summed E-state index contributed by atoms with van der Waals surface area (Å²) in [4.78, 5) is 22.3. The number of carbonyl (C=O) groups is 2. The highest BCUT2D eigenvalue weighted by molar-refractivity contribution is 5.67. The van der Waals surface area contributed by atoms with Crippen molar-refractivity contribution in [1.29, 1.82) is 0 Å². The lowest BCUT2D eigenvalue weighted by Crippen LogP contribution is -2.43. The summed E-state index contributed by atoms with van der Waals surface area (Å²) in [6.07, 6.45) is 6.57. The van der Waals surface area contributed by atoms with Crippen molar-refractivity contribution < 1.29 is 19.1 Å². The van der Waals surface area contributed by atoms with Crippen LogP contribution in [0, 0.1) is 5.41 Å². The van der Waals surface area contributed by atoms with Crippen LogP contribution in [0.4, 0.5) is 0 Å². The third-order valence-electron chi connectivity index (χ3n) is 4.32. The predicted molar refractivity (Wildman–Crippen MR) is 70.4 cm³/mol. The Morgan fingerprint density at radius 1 is 1.21 bits per heavy atom. The van der Waals surface area contributed by atoms with E-state index >= 15 is 0 Å². The number of ether oxygens (including phenoxy) is 2. The van der Waals surface area contributed by atoms with Crippen LogP contribution in [-0.2, 0) is 19.1 Å². The van der Waals surface area contributed by atoms with Crippen LogP contribution < -0.4 is 0 Å². The lowest BCUT2D eigenvalue weighted by atomic mass is 9.64. The van der Waals surface area contributed by atoms with E-state index < -0.39 is 0 Å². The molecular weight excluding hydrogens is 244 g/mol. The van der Waals surface area contributed by atoms with E-state index in [0.717, 1.165) is 32.1 Å². The molecule has 0 N–H and O–H groups in total. The number of carbonyl (C=O) groups excluding carboxylic acids is 2. The first-order valence-electron chi connectivity index (χ1n) is 6.97. The molecule has 0 aromatic rings. The van der Waals surface area contributed by atoms with E-state index in [-0.39, 0.29) is 29.6 Å². The van der Waals surface area contributed by atoms with Crippen molar-refractivity contribution in [3.05, 3.63) is 11.6 Å². The summed E-state index contributed by atoms with van der Waals surface area (Å²) in [6, 6.07) is 0. The second-order valence-corrected chi connectivity index (χ2v) is 5.79. The Hall–Kier alpha value is -1.32. The highest BCUT2D eigenvalue weighted by atomic mass is 16.5. The zero-order valence-corrected chi connectivity index (χ0v) is 11.9. The monoisotopic (exact) mass is 266 g/mol. The molecule has 0 radical (unpaired) electrons. The molecule has 1 fully saturated rings. The van der Waals surface area contributed by atoms with Gasteiger partial charge in [0.05, 0.1) is 0 Å². The van der Waals surface area contributed by atoms with Crippen molar-refractivity contribution >= 4 is 11.9 Å². The van der Waals surface area contributed by atoms with Crippen molar-refractivity contribution in [2.45, 2.75) is 65.1 Å². The molecule has 0 aromatic heterocycles. The second-order valence-electron chi connectivity index (χ2n) is 5.79. The van der Waals surface area contributed by atoms with Crippen LogP contribution in [0.3, 0.4) is 0 Å². The Labute approximate surface area is 114 Å². The Bertz CT molecular complexity index is 412. The topological polar surface area (TPSA) is 52.6 Å². The average Bonchev–Trinajstić information content (AvgIpc) is 2.30. The largest absolute Gasteiger partial charge is 0.462 e. The van der Waals surface area contributed by atoms with Gasteiger partial charge in [-0.15, -0.1) is 0 Å². The number of rotatable bonds is 2. The molecule has 4 heteroatoms. The van der Waals surface area contributed by atoms with Crippen molar-refractivity contribution in [2.24, 2.45) is 5.41 Å². The van der Waals surface area contributed by atoms with Crippen molar-refractivity contribution in [1.82, 2.24) is 0 Å². The van der Waals surface area contributed by atoms with E-state index in [0.29, 0.717) is 0 Å². The number of hydrogen-bond acceptors (Lipinski definition) is 4. The summed E-state index contributed by atoms with van der Waals surface area (Å²) in [5, 5.41) is 0. The SMILES string of the molecule is CC(=O)OC1C=C2CCCC(OC(C)=O)C2(C)CC1. The first-order valence-corrected chi connectivity index (χ1v) is 6.97. The summed E-state index contributed by atoms with van der Waals surface area (Å²) in [5.41, 5.74) is 1.20. The Morgan fingerprint density at radius 3 is 2.53 bits per heavy atom. The normalized spacial score (nSPS) is 33.9. The van der Waals surface area contributed by atoms with Crippen LogP contribution in [0.15, 0.2) is 11.6 Å². The maximum atomic E-state index is 11.2. The third-order valence-corrected chi connectivity index (χ3v) is 4.32. The molecular formula is C15H22O4. The number of esters is 2. The van der Waals surface area contributed by atoms with Crippen LogP contribution in [-0.4, -0.2) is 24.1 Å². The number of fused-ring (bicyclic) bond motifs is 1. The minimum Gasteiger partial charge on any atom is -0.462 e. The van der Waals surface area contributed by atoms with Gasteiger partial charge >= 0.3 is 11.9 Å². The van der Waals surface area contributed by atoms with Crippen LogP contribution in [0.5, 0.6) is 0 Å². The van der Waals surface area contributed by atoms with E-state index in [1.165, 1.54) is 19.4 Å². The first-order chi connectivity index (χ1) is 8.91. The standard InChI is InChI=1S/C15H22O4/c1-10(16)18-13-7-8-15(3)12(9-13)5-4-6-14(15)19-11(2)17/h9,13-14H,4-8H2,1-3H3. The van der Waals surface area contributed by atoms with E-state index in [2.05, 4.69) is 13.0 Å². The summed E-state index contributed by atoms with van der Waals surface area (Å²) in [5.74, 6) is -0.451. The summed E-state index contributed by atoms with van der Waals surface area (Å²) >= 11 is 0. The van der Waals surface area contributed by atoms with Crippen molar-refractivity contribution in [3.8, 4) is 0 Å². The lowest BCUT2D eigenvalue weighted by Gasteiger charge is -2.46. The molecule has 2 aliphatic carbocycles. The second kappa shape index (κ2) is 5.35. The highest BCUT2D eigenvalue weighted by Crippen LogP contribution is 2.48. The molecule has 0 saturated heterocycles. The van der Waals surface area contributed by atoms with E-state index in [9.17, 15) is 9.59 Å². The summed E-state index contributed by atoms with van der Waals surface area (Å²) < 4.78 is 10.8. The minimum atomic E-state index is -0.238. The van der Waals surface area contributed by atoms with Crippen molar-refractivity contribution in [2.75, 3.05) is 0 Å². The molecule has 0 heterocycles. The molecule has 0 amide bonds. The molecule has 0 bridgehead atoms. The zero-order chi connectivity index (χ0) is 14.0. The van der Waals surface area contributed by atoms with E-state index in [1.807, 2.05) is 0 Å². The van der Waals surface area contributed by atoms with Gasteiger partial charge in [-0.3, -0.25) is 9.59 Å². The fraction of sp³-hybridized carbons (Fsp3) is 0.733. The van der Waals surface area contributed by atoms with Gasteiger partial charge in [0.25, 0.3) is 0 Å². The van der Waals surface area contributed by atoms with Gasteiger partial charge in [-0.25, -0.2) is 0 Å². The van der Waals surface area contributed by atoms with Gasteiger partial charge in [-0.05, 0) is 38.2 Å². The highest BCUT2D eigenvalue weighted by Gasteiger charge is 2.44. The molecule has 106 valence electrons. The molecule has 0 aromatic carbocycles. The molecule has 19 heavy (non-hydrogen) atoms. The van der Waals surface area contributed by atoms with Crippen LogP contribution in [0.25, 0.3) is 0 Å². The predicted octanol–water partition coefficient (Wildman–Crippen LogP) is 2.76. The van der Waals surface area contributed by atoms with Crippen molar-refractivity contribution in [3.63, 3.8) is 0 Å². The molecule has 3 atom stereocenters. The Kier molecular flexibility index (Phi) is 3.97. The molecule has 2 rings (SSSR count). The molecule has 0 spiro atoms. The van der Waals surface area contributed by atoms with E-state index in [1.54, 1.807) is 0 Å². The van der Waals surface area contributed by atoms with Gasteiger partial charge in [0.1, 0.15) is 12.2 Å². The van der Waals surface area contributed by atoms with Gasteiger partial charge in [0.2, 0.25) is 0 Å². The van der Waals surface area contributed by atoms with Gasteiger partial charge < -0.3 is 9.47 Å². The van der Waals surface area contributed by atoms with Crippen LogP contribution >= 0.6 is 0 Å². The maximum Gasteiger partial charge on any atom is 0.303 e. The first kappa shape index (κ1) is 14.1. The molecule has 1 saturated carbocycles. The number of hydrogen-bond donors (Lipinski definition) is 0. The fourth-order valence-corrected chi connectivity index (χ4v) is 3.33. The van der Waals surface area contributed by atoms with Crippen LogP contribution in [0.1, 0.15) is 52.9 Å². The lowest BCUT2D eigenvalue weighted by molar-refractivity contribution is -0.154. The fourth-order valence-electron chi connectivity index (χ4n) is 3.33. The zero-order valence-electron chi connectivity index (χ0n) is 11.9. The smallest absolute Gasteiger partial charge is 0.303 e. The van der Waals surface area contributed by atoms with Gasteiger partial charge in [0.15, 0.2) is 0 Å². The van der Waals surface area contributed by atoms with Gasteiger partial charge in [0, 0.05) is 19.3 Å². The quantitative estimate of drug-likeness (QED) is 0.569. The third kappa shape index (κ3) is 2.99. The molecule has 0 aliphatic heterocycles. The maximum absolute atomic E-state index is 11.2. The summed E-state index contributed by atoms with van der Waals surface area (Å²) in [6.45, 7) is 5.07. The van der Waals surface area contributed by atoms with Gasteiger partial charge in [-0.1, -0.05) is 12.5 Å². The van der Waals surface area contributed by atoms with Gasteiger partial charge in [-0.2, -0.15) is 0 Å². The molecule has 2 aliphatic rings.